The summed E-state index contributed by atoms with van der Waals surface area (Å²) in [6.45, 7) is 1.90. The summed E-state index contributed by atoms with van der Waals surface area (Å²) in [6.07, 6.45) is 0.669. The molecule has 0 bridgehead atoms. The van der Waals surface area contributed by atoms with Crippen LogP contribution in [-0.4, -0.2) is 9.78 Å². The maximum Gasteiger partial charge on any atom is 0.0847 e. The first kappa shape index (κ1) is 15.3. The number of nitrogens with zero attached hydrogens (tertiary/aromatic N) is 2. The zero-order valence-corrected chi connectivity index (χ0v) is 15.1. The Morgan fingerprint density at radius 2 is 2.21 bits per heavy atom. The van der Waals surface area contributed by atoms with Crippen LogP contribution in [0.4, 0.5) is 0 Å². The second-order valence-electron chi connectivity index (χ2n) is 4.45. The smallest absolute Gasteiger partial charge is 0.0847 e. The Bertz CT molecular complexity index is 612. The maximum atomic E-state index is 6.32. The summed E-state index contributed by atoms with van der Waals surface area (Å²) in [5.41, 5.74) is 9.25. The number of aryl methyl sites for hydroxylation is 2. The quantitative estimate of drug-likeness (QED) is 0.713. The van der Waals surface area contributed by atoms with Gasteiger partial charge < -0.3 is 5.73 Å². The molecule has 1 unspecified atom stereocenters. The van der Waals surface area contributed by atoms with Crippen LogP contribution >= 0.6 is 50.1 Å². The molecule has 2 aromatic rings. The molecule has 0 aliphatic rings. The van der Waals surface area contributed by atoms with E-state index in [1.54, 1.807) is 0 Å². The van der Waals surface area contributed by atoms with E-state index in [4.69, 9.17) is 17.3 Å². The van der Waals surface area contributed by atoms with Gasteiger partial charge in [-0.2, -0.15) is 5.10 Å². The Morgan fingerprint density at radius 1 is 1.53 bits per heavy atom. The Balaban J connectivity index is 2.30. The third-order valence-electron chi connectivity index (χ3n) is 3.03. The van der Waals surface area contributed by atoms with E-state index in [9.17, 15) is 0 Å². The zero-order chi connectivity index (χ0) is 14.2. The van der Waals surface area contributed by atoms with E-state index >= 15 is 0 Å². The van der Waals surface area contributed by atoms with Crippen LogP contribution in [0.5, 0.6) is 0 Å². The van der Waals surface area contributed by atoms with E-state index < -0.39 is 0 Å². The molecule has 0 saturated carbocycles. The third kappa shape index (κ3) is 3.32. The van der Waals surface area contributed by atoms with Crippen molar-refractivity contribution in [1.82, 2.24) is 9.78 Å². The summed E-state index contributed by atoms with van der Waals surface area (Å²) in [4.78, 5) is 0. The molecular formula is C13H14BrClIN3. The third-order valence-corrected chi connectivity index (χ3v) is 5.00. The molecule has 1 aromatic carbocycles. The van der Waals surface area contributed by atoms with E-state index in [0.29, 0.717) is 11.4 Å². The van der Waals surface area contributed by atoms with Crippen LogP contribution in [0.2, 0.25) is 5.02 Å². The molecule has 1 heterocycles. The van der Waals surface area contributed by atoms with Crippen LogP contribution in [0, 0.1) is 10.5 Å². The maximum absolute atomic E-state index is 6.32. The fourth-order valence-corrected chi connectivity index (χ4v) is 3.37. The molecule has 1 atom stereocenters. The highest BCUT2D eigenvalue weighted by Crippen LogP contribution is 2.28. The van der Waals surface area contributed by atoms with E-state index in [2.05, 4.69) is 55.8 Å². The predicted octanol–water partition coefficient (Wildman–Crippen LogP) is 3.99. The molecule has 0 aliphatic carbocycles. The molecule has 102 valence electrons. The van der Waals surface area contributed by atoms with Crippen molar-refractivity contribution >= 4 is 50.1 Å². The molecule has 0 spiro atoms. The predicted molar refractivity (Wildman–Crippen MR) is 90.4 cm³/mol. The Labute approximate surface area is 139 Å². The minimum absolute atomic E-state index is 0.100. The van der Waals surface area contributed by atoms with Crippen molar-refractivity contribution in [2.75, 3.05) is 0 Å². The molecule has 1 aromatic heterocycles. The topological polar surface area (TPSA) is 43.8 Å². The first-order valence-electron chi connectivity index (χ1n) is 5.78. The van der Waals surface area contributed by atoms with Gasteiger partial charge in [0, 0.05) is 27.6 Å². The second-order valence-corrected chi connectivity index (χ2v) is 6.90. The van der Waals surface area contributed by atoms with Gasteiger partial charge in [0.25, 0.3) is 0 Å². The molecular weight excluding hydrogens is 440 g/mol. The van der Waals surface area contributed by atoms with Crippen molar-refractivity contribution < 1.29 is 0 Å². The van der Waals surface area contributed by atoms with Gasteiger partial charge in [-0.25, -0.2) is 0 Å². The minimum Gasteiger partial charge on any atom is -0.324 e. The van der Waals surface area contributed by atoms with Gasteiger partial charge >= 0.3 is 0 Å². The summed E-state index contributed by atoms with van der Waals surface area (Å²) in [5, 5.41) is 5.03. The number of halogens is 3. The SMILES string of the molecule is Cc1nn(C)c(CC(N)c2cc(Br)ccc2I)c1Cl. The van der Waals surface area contributed by atoms with Gasteiger partial charge in [0.05, 0.1) is 16.4 Å². The summed E-state index contributed by atoms with van der Waals surface area (Å²) in [6, 6.07) is 6.02. The number of aromatic nitrogens is 2. The van der Waals surface area contributed by atoms with Crippen LogP contribution in [0.1, 0.15) is 23.0 Å². The summed E-state index contributed by atoms with van der Waals surface area (Å²) in [5.74, 6) is 0. The van der Waals surface area contributed by atoms with Gasteiger partial charge in [-0.05, 0) is 53.3 Å². The first-order chi connectivity index (χ1) is 8.90. The van der Waals surface area contributed by atoms with Gasteiger partial charge in [-0.1, -0.05) is 27.5 Å². The van der Waals surface area contributed by atoms with E-state index in [0.717, 1.165) is 25.0 Å². The van der Waals surface area contributed by atoms with Crippen molar-refractivity contribution in [1.29, 1.82) is 0 Å². The van der Waals surface area contributed by atoms with Crippen LogP contribution < -0.4 is 5.73 Å². The molecule has 0 fully saturated rings. The largest absolute Gasteiger partial charge is 0.324 e. The van der Waals surface area contributed by atoms with Crippen molar-refractivity contribution in [2.24, 2.45) is 12.8 Å². The zero-order valence-electron chi connectivity index (χ0n) is 10.6. The first-order valence-corrected chi connectivity index (χ1v) is 8.03. The number of rotatable bonds is 3. The van der Waals surface area contributed by atoms with Crippen molar-refractivity contribution in [3.63, 3.8) is 0 Å². The average Bonchev–Trinajstić information content (AvgIpc) is 2.59. The summed E-state index contributed by atoms with van der Waals surface area (Å²) < 4.78 is 4.00. The van der Waals surface area contributed by atoms with Gasteiger partial charge in [-0.3, -0.25) is 4.68 Å². The molecule has 2 N–H and O–H groups in total. The van der Waals surface area contributed by atoms with Gasteiger partial charge in [0.2, 0.25) is 0 Å². The highest BCUT2D eigenvalue weighted by atomic mass is 127. The molecule has 0 aliphatic heterocycles. The lowest BCUT2D eigenvalue weighted by Crippen LogP contribution is -2.17. The van der Waals surface area contributed by atoms with E-state index in [-0.39, 0.29) is 6.04 Å². The number of nitrogens with two attached hydrogens (primary N) is 1. The highest BCUT2D eigenvalue weighted by molar-refractivity contribution is 14.1. The molecule has 0 saturated heterocycles. The van der Waals surface area contributed by atoms with Crippen molar-refractivity contribution in [2.45, 2.75) is 19.4 Å². The standard InChI is InChI=1S/C13H14BrClIN3/c1-7-13(15)12(19(2)18-7)6-11(17)9-5-8(14)3-4-10(9)16/h3-5,11H,6,17H2,1-2H3. The van der Waals surface area contributed by atoms with Gasteiger partial charge in [-0.15, -0.1) is 0 Å². The summed E-state index contributed by atoms with van der Waals surface area (Å²) >= 11 is 12.0. The number of hydrogen-bond acceptors (Lipinski definition) is 2. The molecule has 3 nitrogen and oxygen atoms in total. The normalized spacial score (nSPS) is 12.7. The van der Waals surface area contributed by atoms with Crippen molar-refractivity contribution in [3.05, 3.63) is 48.2 Å². The van der Waals surface area contributed by atoms with E-state index in [1.165, 1.54) is 0 Å². The monoisotopic (exact) mass is 453 g/mol. The molecule has 0 amide bonds. The lowest BCUT2D eigenvalue weighted by Gasteiger charge is -2.15. The second kappa shape index (κ2) is 6.11. The summed E-state index contributed by atoms with van der Waals surface area (Å²) in [7, 11) is 1.90. The number of hydrogen-bond donors (Lipinski definition) is 1. The van der Waals surface area contributed by atoms with Gasteiger partial charge in [0.1, 0.15) is 0 Å². The van der Waals surface area contributed by atoms with Crippen LogP contribution in [0.25, 0.3) is 0 Å². The minimum atomic E-state index is -0.100. The average molecular weight is 455 g/mol. The fraction of sp³-hybridized carbons (Fsp3) is 0.308. The van der Waals surface area contributed by atoms with Crippen LogP contribution in [-0.2, 0) is 13.5 Å². The fourth-order valence-electron chi connectivity index (χ4n) is 2.02. The Kier molecular flexibility index (Phi) is 4.92. The molecule has 0 radical (unpaired) electrons. The van der Waals surface area contributed by atoms with Crippen LogP contribution in [0.3, 0.4) is 0 Å². The van der Waals surface area contributed by atoms with Gasteiger partial charge in [0.15, 0.2) is 0 Å². The lowest BCUT2D eigenvalue weighted by atomic mass is 10.0. The van der Waals surface area contributed by atoms with E-state index in [1.807, 2.05) is 24.7 Å². The highest BCUT2D eigenvalue weighted by Gasteiger charge is 2.17. The van der Waals surface area contributed by atoms with Crippen molar-refractivity contribution in [3.8, 4) is 0 Å². The van der Waals surface area contributed by atoms with Crippen LogP contribution in [0.15, 0.2) is 22.7 Å². The lowest BCUT2D eigenvalue weighted by molar-refractivity contribution is 0.638. The molecule has 6 heteroatoms. The molecule has 2 rings (SSSR count). The Hall–Kier alpha value is -0.110. The molecule has 19 heavy (non-hydrogen) atoms. The Morgan fingerprint density at radius 3 is 2.79 bits per heavy atom. The number of benzene rings is 1.